The van der Waals surface area contributed by atoms with Crippen LogP contribution in [0.3, 0.4) is 0 Å². The number of methoxy groups -OCH3 is 1. The zero-order chi connectivity index (χ0) is 15.2. The summed E-state index contributed by atoms with van der Waals surface area (Å²) < 4.78 is 11.6. The highest BCUT2D eigenvalue weighted by Gasteiger charge is 2.26. The summed E-state index contributed by atoms with van der Waals surface area (Å²) in [7, 11) is 3.81. The minimum absolute atomic E-state index is 0.305. The standard InChI is InChI=1S/C17H28N2O2/c1-13(2)18-11-14-9-10-15(21-14)12-19(3)16-7-5-6-8-17(16)20-4/h5-8,13-15,18H,9-12H2,1-4H3. The normalized spacial score (nSPS) is 21.8. The van der Waals surface area contributed by atoms with Crippen LogP contribution in [0.25, 0.3) is 0 Å². The van der Waals surface area contributed by atoms with Crippen LogP contribution in [0.4, 0.5) is 5.69 Å². The van der Waals surface area contributed by atoms with Gasteiger partial charge in [-0.25, -0.2) is 0 Å². The molecule has 0 saturated carbocycles. The Morgan fingerprint density at radius 2 is 2.00 bits per heavy atom. The molecular weight excluding hydrogens is 264 g/mol. The van der Waals surface area contributed by atoms with Crippen LogP contribution in [0.15, 0.2) is 24.3 Å². The fraction of sp³-hybridized carbons (Fsp3) is 0.647. The molecule has 1 saturated heterocycles. The first-order valence-corrected chi connectivity index (χ1v) is 7.83. The van der Waals surface area contributed by atoms with E-state index in [9.17, 15) is 0 Å². The lowest BCUT2D eigenvalue weighted by molar-refractivity contribution is 0.0489. The first-order chi connectivity index (χ1) is 10.1. The van der Waals surface area contributed by atoms with Gasteiger partial charge in [0.2, 0.25) is 0 Å². The SMILES string of the molecule is COc1ccccc1N(C)CC1CCC(CNC(C)C)O1. The molecule has 1 heterocycles. The molecule has 21 heavy (non-hydrogen) atoms. The lowest BCUT2D eigenvalue weighted by Gasteiger charge is -2.25. The monoisotopic (exact) mass is 292 g/mol. The highest BCUT2D eigenvalue weighted by molar-refractivity contribution is 5.57. The Morgan fingerprint density at radius 3 is 2.71 bits per heavy atom. The van der Waals surface area contributed by atoms with Gasteiger partial charge < -0.3 is 19.7 Å². The molecule has 4 nitrogen and oxygen atoms in total. The minimum atomic E-state index is 0.305. The van der Waals surface area contributed by atoms with E-state index >= 15 is 0 Å². The van der Waals surface area contributed by atoms with Gasteiger partial charge in [-0.3, -0.25) is 0 Å². The van der Waals surface area contributed by atoms with Crippen molar-refractivity contribution < 1.29 is 9.47 Å². The molecule has 0 amide bonds. The summed E-state index contributed by atoms with van der Waals surface area (Å²) in [5.41, 5.74) is 1.12. The number of ether oxygens (including phenoxy) is 2. The van der Waals surface area contributed by atoms with Gasteiger partial charge in [0.25, 0.3) is 0 Å². The number of nitrogens with zero attached hydrogens (tertiary/aromatic N) is 1. The van der Waals surface area contributed by atoms with Crippen LogP contribution >= 0.6 is 0 Å². The van der Waals surface area contributed by atoms with Gasteiger partial charge in [-0.15, -0.1) is 0 Å². The fourth-order valence-corrected chi connectivity index (χ4v) is 2.78. The molecule has 0 radical (unpaired) electrons. The van der Waals surface area contributed by atoms with E-state index in [0.717, 1.165) is 37.4 Å². The molecule has 1 fully saturated rings. The summed E-state index contributed by atoms with van der Waals surface area (Å²) in [6.45, 7) is 6.19. The molecule has 118 valence electrons. The molecule has 2 unspecified atom stereocenters. The second-order valence-corrected chi connectivity index (χ2v) is 6.07. The van der Waals surface area contributed by atoms with Crippen LogP contribution in [0, 0.1) is 0 Å². The van der Waals surface area contributed by atoms with E-state index in [2.05, 4.69) is 37.2 Å². The van der Waals surface area contributed by atoms with E-state index in [1.807, 2.05) is 18.2 Å². The molecule has 2 atom stereocenters. The number of hydrogen-bond donors (Lipinski definition) is 1. The lowest BCUT2D eigenvalue weighted by atomic mass is 10.1. The number of likely N-dealkylation sites (N-methyl/N-ethyl adjacent to an activating group) is 1. The van der Waals surface area contributed by atoms with Crippen molar-refractivity contribution in [2.24, 2.45) is 0 Å². The minimum Gasteiger partial charge on any atom is -0.495 e. The van der Waals surface area contributed by atoms with Crippen molar-refractivity contribution in [3.8, 4) is 5.75 Å². The molecule has 1 aromatic carbocycles. The van der Waals surface area contributed by atoms with Crippen LogP contribution in [-0.2, 0) is 4.74 Å². The van der Waals surface area contributed by atoms with Crippen LogP contribution in [-0.4, -0.2) is 45.5 Å². The quantitative estimate of drug-likeness (QED) is 0.838. The first-order valence-electron chi connectivity index (χ1n) is 7.83. The number of hydrogen-bond acceptors (Lipinski definition) is 4. The second-order valence-electron chi connectivity index (χ2n) is 6.07. The van der Waals surface area contributed by atoms with Crippen molar-refractivity contribution >= 4 is 5.69 Å². The zero-order valence-electron chi connectivity index (χ0n) is 13.6. The number of rotatable bonds is 7. The van der Waals surface area contributed by atoms with Crippen LogP contribution < -0.4 is 15.0 Å². The van der Waals surface area contributed by atoms with E-state index in [1.54, 1.807) is 7.11 Å². The van der Waals surface area contributed by atoms with Crippen LogP contribution in [0.2, 0.25) is 0 Å². The smallest absolute Gasteiger partial charge is 0.142 e. The van der Waals surface area contributed by atoms with E-state index in [-0.39, 0.29) is 0 Å². The number of para-hydroxylation sites is 2. The van der Waals surface area contributed by atoms with Crippen molar-refractivity contribution in [1.82, 2.24) is 5.32 Å². The highest BCUT2D eigenvalue weighted by atomic mass is 16.5. The molecule has 1 aromatic rings. The summed E-state index contributed by atoms with van der Waals surface area (Å²) in [6.07, 6.45) is 2.93. The van der Waals surface area contributed by atoms with Crippen molar-refractivity contribution in [2.45, 2.75) is 44.9 Å². The van der Waals surface area contributed by atoms with E-state index < -0.39 is 0 Å². The molecule has 1 aliphatic rings. The van der Waals surface area contributed by atoms with Gasteiger partial charge in [0.15, 0.2) is 0 Å². The molecule has 1 N–H and O–H groups in total. The molecular formula is C17H28N2O2. The summed E-state index contributed by atoms with van der Waals surface area (Å²) in [5, 5.41) is 3.45. The number of nitrogens with one attached hydrogen (secondary N) is 1. The van der Waals surface area contributed by atoms with Gasteiger partial charge in [-0.2, -0.15) is 0 Å². The van der Waals surface area contributed by atoms with E-state index in [1.165, 1.54) is 0 Å². The topological polar surface area (TPSA) is 33.7 Å². The predicted molar refractivity (Wildman–Crippen MR) is 87.3 cm³/mol. The summed E-state index contributed by atoms with van der Waals surface area (Å²) in [6, 6.07) is 8.64. The largest absolute Gasteiger partial charge is 0.495 e. The average Bonchev–Trinajstić information content (AvgIpc) is 2.92. The van der Waals surface area contributed by atoms with E-state index in [0.29, 0.717) is 18.2 Å². The maximum absolute atomic E-state index is 6.13. The second kappa shape index (κ2) is 7.66. The number of anilines is 1. The Bertz CT molecular complexity index is 437. The molecule has 1 aliphatic heterocycles. The van der Waals surface area contributed by atoms with Crippen LogP contribution in [0.5, 0.6) is 5.75 Å². The molecule has 0 aliphatic carbocycles. The molecule has 0 bridgehead atoms. The van der Waals surface area contributed by atoms with Gasteiger partial charge in [0, 0.05) is 26.2 Å². The Hall–Kier alpha value is -1.26. The maximum atomic E-state index is 6.13. The lowest BCUT2D eigenvalue weighted by Crippen LogP contribution is -2.34. The Morgan fingerprint density at radius 1 is 1.29 bits per heavy atom. The third kappa shape index (κ3) is 4.61. The summed E-state index contributed by atoms with van der Waals surface area (Å²) in [5.74, 6) is 0.913. The average molecular weight is 292 g/mol. The third-order valence-corrected chi connectivity index (χ3v) is 3.92. The number of benzene rings is 1. The Balaban J connectivity index is 1.85. The van der Waals surface area contributed by atoms with Gasteiger partial charge in [-0.1, -0.05) is 26.0 Å². The van der Waals surface area contributed by atoms with Gasteiger partial charge in [0.1, 0.15) is 5.75 Å². The fourth-order valence-electron chi connectivity index (χ4n) is 2.78. The molecule has 4 heteroatoms. The third-order valence-electron chi connectivity index (χ3n) is 3.92. The predicted octanol–water partition coefficient (Wildman–Crippen LogP) is 2.68. The van der Waals surface area contributed by atoms with Crippen molar-refractivity contribution in [1.29, 1.82) is 0 Å². The van der Waals surface area contributed by atoms with Crippen molar-refractivity contribution in [2.75, 3.05) is 32.1 Å². The maximum Gasteiger partial charge on any atom is 0.142 e. The van der Waals surface area contributed by atoms with Crippen molar-refractivity contribution in [3.05, 3.63) is 24.3 Å². The van der Waals surface area contributed by atoms with Crippen molar-refractivity contribution in [3.63, 3.8) is 0 Å². The summed E-state index contributed by atoms with van der Waals surface area (Å²) >= 11 is 0. The zero-order valence-corrected chi connectivity index (χ0v) is 13.6. The molecule has 0 aromatic heterocycles. The van der Waals surface area contributed by atoms with Gasteiger partial charge in [-0.05, 0) is 25.0 Å². The Kier molecular flexibility index (Phi) is 5.88. The van der Waals surface area contributed by atoms with Crippen LogP contribution in [0.1, 0.15) is 26.7 Å². The van der Waals surface area contributed by atoms with Gasteiger partial charge >= 0.3 is 0 Å². The highest BCUT2D eigenvalue weighted by Crippen LogP contribution is 2.28. The van der Waals surface area contributed by atoms with Gasteiger partial charge in [0.05, 0.1) is 25.0 Å². The molecule has 2 rings (SSSR count). The molecule has 0 spiro atoms. The van der Waals surface area contributed by atoms with E-state index in [4.69, 9.17) is 9.47 Å². The first kappa shape index (κ1) is 16.1. The Labute approximate surface area is 128 Å². The summed E-state index contributed by atoms with van der Waals surface area (Å²) in [4.78, 5) is 2.22.